The smallest absolute Gasteiger partial charge is 0.241 e. The second kappa shape index (κ2) is 11.1. The van der Waals surface area contributed by atoms with E-state index in [4.69, 9.17) is 14.5 Å². The molecule has 2 aliphatic heterocycles. The molecule has 3 aromatic carbocycles. The third kappa shape index (κ3) is 5.20. The SMILES string of the molecule is Cl.O=C(C1c2ccccc2Oc2ccccc21)N(CCCN1CCOCC1)c1nc2ccc(F)cc2s1. The van der Waals surface area contributed by atoms with Crippen LogP contribution in [0.5, 0.6) is 11.5 Å². The molecule has 1 aromatic heterocycles. The van der Waals surface area contributed by atoms with E-state index in [1.807, 2.05) is 48.5 Å². The summed E-state index contributed by atoms with van der Waals surface area (Å²) >= 11 is 1.35. The Balaban J connectivity index is 0.00000280. The molecule has 37 heavy (non-hydrogen) atoms. The highest BCUT2D eigenvalue weighted by molar-refractivity contribution is 7.22. The van der Waals surface area contributed by atoms with Crippen molar-refractivity contribution in [2.45, 2.75) is 12.3 Å². The third-order valence-corrected chi connectivity index (χ3v) is 7.76. The fraction of sp³-hybridized carbons (Fsp3) is 0.286. The van der Waals surface area contributed by atoms with Gasteiger partial charge >= 0.3 is 0 Å². The van der Waals surface area contributed by atoms with Crippen LogP contribution in [-0.2, 0) is 9.53 Å². The maximum Gasteiger partial charge on any atom is 0.241 e. The average molecular weight is 540 g/mol. The number of anilines is 1. The Morgan fingerprint density at radius 2 is 1.70 bits per heavy atom. The lowest BCUT2D eigenvalue weighted by atomic mass is 9.87. The molecule has 192 valence electrons. The summed E-state index contributed by atoms with van der Waals surface area (Å²) in [6, 6.07) is 19.9. The number of hydrogen-bond donors (Lipinski definition) is 0. The highest BCUT2D eigenvalue weighted by Crippen LogP contribution is 2.45. The first-order chi connectivity index (χ1) is 17.7. The van der Waals surface area contributed by atoms with Crippen molar-refractivity contribution in [1.82, 2.24) is 9.88 Å². The molecule has 6 nitrogen and oxygen atoms in total. The van der Waals surface area contributed by atoms with Crippen molar-refractivity contribution in [3.05, 3.63) is 83.7 Å². The quantitative estimate of drug-likeness (QED) is 0.308. The Hall–Kier alpha value is -3.04. The van der Waals surface area contributed by atoms with Crippen molar-refractivity contribution in [2.75, 3.05) is 44.3 Å². The van der Waals surface area contributed by atoms with Crippen molar-refractivity contribution in [3.8, 4) is 11.5 Å². The Morgan fingerprint density at radius 1 is 1.03 bits per heavy atom. The van der Waals surface area contributed by atoms with Gasteiger partial charge in [-0.25, -0.2) is 9.37 Å². The van der Waals surface area contributed by atoms with E-state index in [1.54, 1.807) is 11.0 Å². The Morgan fingerprint density at radius 3 is 2.41 bits per heavy atom. The van der Waals surface area contributed by atoms with Crippen LogP contribution in [0, 0.1) is 5.82 Å². The Labute approximate surface area is 225 Å². The monoisotopic (exact) mass is 539 g/mol. The van der Waals surface area contributed by atoms with Crippen LogP contribution < -0.4 is 9.64 Å². The number of fused-ring (bicyclic) bond motifs is 3. The number of morpholine rings is 1. The second-order valence-electron chi connectivity index (χ2n) is 9.02. The van der Waals surface area contributed by atoms with E-state index < -0.39 is 5.92 Å². The fourth-order valence-electron chi connectivity index (χ4n) is 4.91. The van der Waals surface area contributed by atoms with Gasteiger partial charge in [-0.15, -0.1) is 12.4 Å². The van der Waals surface area contributed by atoms with E-state index in [0.29, 0.717) is 28.7 Å². The summed E-state index contributed by atoms with van der Waals surface area (Å²) in [5.41, 5.74) is 2.37. The van der Waals surface area contributed by atoms with Gasteiger partial charge in [-0.1, -0.05) is 47.7 Å². The average Bonchev–Trinajstić information content (AvgIpc) is 3.32. The van der Waals surface area contributed by atoms with E-state index in [2.05, 4.69) is 4.90 Å². The highest BCUT2D eigenvalue weighted by Gasteiger charge is 2.36. The van der Waals surface area contributed by atoms with Gasteiger partial charge in [0.25, 0.3) is 0 Å². The molecule has 3 heterocycles. The van der Waals surface area contributed by atoms with Crippen molar-refractivity contribution in [2.24, 2.45) is 0 Å². The number of hydrogen-bond acceptors (Lipinski definition) is 6. The summed E-state index contributed by atoms with van der Waals surface area (Å²) in [6.45, 7) is 4.65. The number of halogens is 2. The molecule has 4 aromatic rings. The van der Waals surface area contributed by atoms with E-state index in [9.17, 15) is 9.18 Å². The molecule has 0 atom stereocenters. The minimum atomic E-state index is -0.515. The molecular formula is C28H27ClFN3O3S. The van der Waals surface area contributed by atoms with Gasteiger partial charge in [-0.3, -0.25) is 14.6 Å². The van der Waals surface area contributed by atoms with Crippen LogP contribution in [-0.4, -0.2) is 55.2 Å². The van der Waals surface area contributed by atoms with Crippen LogP contribution in [0.2, 0.25) is 0 Å². The number of ether oxygens (including phenoxy) is 2. The number of rotatable bonds is 6. The normalized spacial score (nSPS) is 15.4. The van der Waals surface area contributed by atoms with Crippen LogP contribution in [0.25, 0.3) is 10.2 Å². The zero-order chi connectivity index (χ0) is 24.5. The largest absolute Gasteiger partial charge is 0.457 e. The van der Waals surface area contributed by atoms with Gasteiger partial charge < -0.3 is 9.47 Å². The molecule has 0 saturated carbocycles. The number of carbonyl (C=O) groups excluding carboxylic acids is 1. The third-order valence-electron chi connectivity index (χ3n) is 6.72. The molecule has 0 unspecified atom stereocenters. The van der Waals surface area contributed by atoms with Gasteiger partial charge in [0.2, 0.25) is 5.91 Å². The van der Waals surface area contributed by atoms with Gasteiger partial charge in [0.15, 0.2) is 5.13 Å². The van der Waals surface area contributed by atoms with Gasteiger partial charge in [0.05, 0.1) is 29.3 Å². The fourth-order valence-corrected chi connectivity index (χ4v) is 5.93. The van der Waals surface area contributed by atoms with Crippen LogP contribution in [0.4, 0.5) is 9.52 Å². The lowest BCUT2D eigenvalue weighted by Crippen LogP contribution is -2.40. The minimum Gasteiger partial charge on any atom is -0.457 e. The molecule has 0 bridgehead atoms. The number of thiazole rings is 1. The number of nitrogens with zero attached hydrogens (tertiary/aromatic N) is 3. The first-order valence-electron chi connectivity index (χ1n) is 12.2. The Kier molecular flexibility index (Phi) is 7.71. The van der Waals surface area contributed by atoms with E-state index in [0.717, 1.165) is 55.1 Å². The zero-order valence-electron chi connectivity index (χ0n) is 20.1. The molecule has 1 fully saturated rings. The van der Waals surface area contributed by atoms with Crippen molar-refractivity contribution in [3.63, 3.8) is 0 Å². The van der Waals surface area contributed by atoms with Crippen LogP contribution in [0.1, 0.15) is 23.5 Å². The summed E-state index contributed by atoms with van der Waals surface area (Å²) in [7, 11) is 0. The molecule has 0 aliphatic carbocycles. The molecule has 9 heteroatoms. The molecule has 0 radical (unpaired) electrons. The van der Waals surface area contributed by atoms with Gasteiger partial charge in [-0.2, -0.15) is 0 Å². The standard InChI is InChI=1S/C28H26FN3O3S.ClH/c29-19-10-11-22-25(18-19)36-28(30-22)32(13-5-12-31-14-16-34-17-15-31)27(33)26-20-6-1-3-8-23(20)35-24-9-4-2-7-21(24)26;/h1-4,6-11,18,26H,5,12-17H2;1H. The second-order valence-corrected chi connectivity index (χ2v) is 10.0. The van der Waals surface area contributed by atoms with E-state index in [-0.39, 0.29) is 24.1 Å². The number of benzene rings is 3. The predicted octanol–water partition coefficient (Wildman–Crippen LogP) is 5.85. The first kappa shape index (κ1) is 25.6. The summed E-state index contributed by atoms with van der Waals surface area (Å²) in [4.78, 5) is 23.3. The molecule has 1 saturated heterocycles. The van der Waals surface area contributed by atoms with Crippen LogP contribution in [0.3, 0.4) is 0 Å². The molecule has 2 aliphatic rings. The van der Waals surface area contributed by atoms with E-state index >= 15 is 0 Å². The maximum absolute atomic E-state index is 14.4. The van der Waals surface area contributed by atoms with Crippen molar-refractivity contribution >= 4 is 45.0 Å². The first-order valence-corrected chi connectivity index (χ1v) is 13.0. The highest BCUT2D eigenvalue weighted by atomic mass is 35.5. The van der Waals surface area contributed by atoms with Gasteiger partial charge in [-0.05, 0) is 36.8 Å². The minimum absolute atomic E-state index is 0. The predicted molar refractivity (Wildman–Crippen MR) is 146 cm³/mol. The summed E-state index contributed by atoms with van der Waals surface area (Å²) in [5.74, 6) is 0.497. The summed E-state index contributed by atoms with van der Waals surface area (Å²) < 4.78 is 26.2. The van der Waals surface area contributed by atoms with Crippen molar-refractivity contribution in [1.29, 1.82) is 0 Å². The molecule has 0 spiro atoms. The topological polar surface area (TPSA) is 54.9 Å². The number of aromatic nitrogens is 1. The lowest BCUT2D eigenvalue weighted by molar-refractivity contribution is -0.119. The number of amides is 1. The molecular weight excluding hydrogens is 513 g/mol. The van der Waals surface area contributed by atoms with Crippen molar-refractivity contribution < 1.29 is 18.7 Å². The van der Waals surface area contributed by atoms with E-state index in [1.165, 1.54) is 23.5 Å². The summed E-state index contributed by atoms with van der Waals surface area (Å²) in [6.07, 6.45) is 0.794. The maximum atomic E-state index is 14.4. The molecule has 0 N–H and O–H groups in total. The number of para-hydroxylation sites is 2. The lowest BCUT2D eigenvalue weighted by Gasteiger charge is -2.32. The van der Waals surface area contributed by atoms with Gasteiger partial charge in [0, 0.05) is 37.3 Å². The van der Waals surface area contributed by atoms with Gasteiger partial charge in [0.1, 0.15) is 17.3 Å². The molecule has 6 rings (SSSR count). The Bertz CT molecular complexity index is 1360. The van der Waals surface area contributed by atoms with Crippen LogP contribution in [0.15, 0.2) is 66.7 Å². The van der Waals surface area contributed by atoms with Crippen LogP contribution >= 0.6 is 23.7 Å². The zero-order valence-corrected chi connectivity index (χ0v) is 21.8. The summed E-state index contributed by atoms with van der Waals surface area (Å²) in [5, 5.41) is 0.587. The molecule has 1 amide bonds. The number of carbonyl (C=O) groups is 1.